The van der Waals surface area contributed by atoms with Crippen molar-refractivity contribution < 1.29 is 18.9 Å². The molecule has 26 heavy (non-hydrogen) atoms. The van der Waals surface area contributed by atoms with Gasteiger partial charge in [-0.25, -0.2) is 4.98 Å². The van der Waals surface area contributed by atoms with Crippen LogP contribution in [0.1, 0.15) is 27.7 Å². The van der Waals surface area contributed by atoms with Gasteiger partial charge in [0.05, 0.1) is 12.1 Å². The van der Waals surface area contributed by atoms with Crippen LogP contribution in [0.25, 0.3) is 10.9 Å². The molecule has 0 fully saturated rings. The standard InChI is InChI=1S/C17H21ClN3O4P/c1-11(16(22)24-10-17(2,3)4)20-21-26(23)25-13-6-7-14-12(9-13)5-8-15(18)19-14/h5-9,11,20H,10H2,1-4H3/t11-/m1/s1. The molecule has 1 N–H and O–H groups in total. The number of nitrogens with one attached hydrogen (secondary N) is 1. The van der Waals surface area contributed by atoms with E-state index in [1.165, 1.54) is 0 Å². The topological polar surface area (TPSA) is 95.9 Å². The number of halogens is 1. The third-order valence-electron chi connectivity index (χ3n) is 3.14. The molecule has 0 saturated heterocycles. The second-order valence-electron chi connectivity index (χ2n) is 6.94. The van der Waals surface area contributed by atoms with E-state index >= 15 is 0 Å². The van der Waals surface area contributed by atoms with Crippen molar-refractivity contribution in [3.63, 3.8) is 0 Å². The predicted octanol–water partition coefficient (Wildman–Crippen LogP) is 3.61. The maximum atomic E-state index is 12.0. The van der Waals surface area contributed by atoms with Gasteiger partial charge in [-0.2, -0.15) is 5.43 Å². The van der Waals surface area contributed by atoms with E-state index in [-0.39, 0.29) is 12.0 Å². The average molecular weight is 398 g/mol. The summed E-state index contributed by atoms with van der Waals surface area (Å²) in [7, 11) is -2.40. The molecule has 0 aliphatic carbocycles. The smallest absolute Gasteiger partial charge is 0.412 e. The maximum absolute atomic E-state index is 12.0. The first-order chi connectivity index (χ1) is 12.1. The largest absolute Gasteiger partial charge is 0.574 e. The third kappa shape index (κ3) is 6.50. The molecular weight excluding hydrogens is 377 g/mol. The minimum Gasteiger partial charge on any atom is -0.574 e. The predicted molar refractivity (Wildman–Crippen MR) is 99.7 cm³/mol. The van der Waals surface area contributed by atoms with E-state index in [4.69, 9.17) is 20.9 Å². The molecule has 0 spiro atoms. The fourth-order valence-electron chi connectivity index (χ4n) is 1.85. The highest BCUT2D eigenvalue weighted by molar-refractivity contribution is 7.33. The van der Waals surface area contributed by atoms with Crippen molar-refractivity contribution in [2.75, 3.05) is 6.61 Å². The van der Waals surface area contributed by atoms with Crippen LogP contribution >= 0.6 is 19.8 Å². The number of carbonyl (C=O) groups excluding carboxylic acids is 1. The normalized spacial score (nSPS) is 13.5. The lowest BCUT2D eigenvalue weighted by Crippen LogP contribution is -2.33. The first-order valence-electron chi connectivity index (χ1n) is 7.98. The molecule has 9 heteroatoms. The Morgan fingerprint density at radius 3 is 2.81 bits per heavy atom. The second kappa shape index (κ2) is 8.73. The highest BCUT2D eigenvalue weighted by Gasteiger charge is 2.19. The van der Waals surface area contributed by atoms with Crippen LogP contribution in [-0.4, -0.2) is 23.6 Å². The van der Waals surface area contributed by atoms with Gasteiger partial charge in [-0.3, -0.25) is 9.32 Å². The van der Waals surface area contributed by atoms with Crippen LogP contribution < -0.4 is 14.8 Å². The highest BCUT2D eigenvalue weighted by atomic mass is 35.5. The molecule has 1 heterocycles. The van der Waals surface area contributed by atoms with Gasteiger partial charge < -0.3 is 9.63 Å². The Morgan fingerprint density at radius 2 is 2.12 bits per heavy atom. The van der Waals surface area contributed by atoms with Crippen LogP contribution in [0.5, 0.6) is 5.75 Å². The van der Waals surface area contributed by atoms with Crippen molar-refractivity contribution in [1.29, 1.82) is 0 Å². The molecule has 0 radical (unpaired) electrons. The van der Waals surface area contributed by atoms with Gasteiger partial charge in [-0.05, 0) is 42.7 Å². The van der Waals surface area contributed by atoms with Crippen molar-refractivity contribution in [2.24, 2.45) is 10.3 Å². The number of pyridine rings is 1. The molecule has 0 amide bonds. The van der Waals surface area contributed by atoms with Crippen molar-refractivity contribution in [1.82, 2.24) is 10.4 Å². The number of ether oxygens (including phenoxy) is 1. The lowest BCUT2D eigenvalue weighted by molar-refractivity contribution is -0.169. The van der Waals surface area contributed by atoms with Crippen LogP contribution in [0.15, 0.2) is 35.2 Å². The average Bonchev–Trinajstić information content (AvgIpc) is 2.57. The second-order valence-corrected chi connectivity index (χ2v) is 8.18. The van der Waals surface area contributed by atoms with Gasteiger partial charge in [0.1, 0.15) is 11.2 Å². The van der Waals surface area contributed by atoms with Crippen molar-refractivity contribution in [2.45, 2.75) is 33.7 Å². The summed E-state index contributed by atoms with van der Waals surface area (Å²) in [6.45, 7) is 7.74. The van der Waals surface area contributed by atoms with E-state index < -0.39 is 20.2 Å². The molecular formula is C17H21ClN3O4P. The molecule has 7 nitrogen and oxygen atoms in total. The fraction of sp³-hybridized carbons (Fsp3) is 0.412. The zero-order chi connectivity index (χ0) is 19.3. The zero-order valence-electron chi connectivity index (χ0n) is 15.0. The number of esters is 1. The zero-order valence-corrected chi connectivity index (χ0v) is 16.7. The number of hydrogen-bond donors (Lipinski definition) is 1. The quantitative estimate of drug-likeness (QED) is 0.346. The first kappa shape index (κ1) is 20.5. The lowest BCUT2D eigenvalue weighted by Gasteiger charge is -2.19. The Hall–Kier alpha value is -1.79. The minimum atomic E-state index is -2.40. The first-order valence-corrected chi connectivity index (χ1v) is 9.49. The van der Waals surface area contributed by atoms with Crippen LogP contribution in [-0.2, 0) is 9.53 Å². The maximum Gasteiger partial charge on any atom is 0.412 e. The summed E-state index contributed by atoms with van der Waals surface area (Å²) in [5.74, 6) is -0.100. The van der Waals surface area contributed by atoms with Crippen LogP contribution in [0.4, 0.5) is 0 Å². The number of hydrogen-bond acceptors (Lipinski definition) is 6. The van der Waals surface area contributed by atoms with E-state index in [2.05, 4.69) is 15.3 Å². The van der Waals surface area contributed by atoms with Gasteiger partial charge in [0, 0.05) is 10.2 Å². The Kier molecular flexibility index (Phi) is 6.89. The number of fused-ring (bicyclic) bond motifs is 1. The molecule has 1 aromatic carbocycles. The third-order valence-corrected chi connectivity index (χ3v) is 4.00. The van der Waals surface area contributed by atoms with E-state index in [0.717, 1.165) is 5.39 Å². The molecule has 140 valence electrons. The summed E-state index contributed by atoms with van der Waals surface area (Å²) < 4.78 is 10.4. The van der Waals surface area contributed by atoms with Gasteiger partial charge in [-0.15, -0.1) is 0 Å². The summed E-state index contributed by atoms with van der Waals surface area (Å²) in [5.41, 5.74) is 3.07. The van der Waals surface area contributed by atoms with Crippen molar-refractivity contribution >= 4 is 36.6 Å². The summed E-state index contributed by atoms with van der Waals surface area (Å²) >= 11 is 5.84. The fourth-order valence-corrected chi connectivity index (χ4v) is 2.60. The Labute approximate surface area is 158 Å². The van der Waals surface area contributed by atoms with Gasteiger partial charge in [0.25, 0.3) is 0 Å². The van der Waals surface area contributed by atoms with E-state index in [1.807, 2.05) is 20.8 Å². The molecule has 0 saturated carbocycles. The highest BCUT2D eigenvalue weighted by Crippen LogP contribution is 2.26. The molecule has 1 unspecified atom stereocenters. The Bertz CT molecular complexity index is 823. The summed E-state index contributed by atoms with van der Waals surface area (Å²) in [4.78, 5) is 31.6. The molecule has 2 rings (SSSR count). The van der Waals surface area contributed by atoms with E-state index in [1.54, 1.807) is 37.3 Å². The minimum absolute atomic E-state index is 0.129. The van der Waals surface area contributed by atoms with Gasteiger partial charge in [-0.1, -0.05) is 32.4 Å². The van der Waals surface area contributed by atoms with Gasteiger partial charge in [0.15, 0.2) is 5.75 Å². The monoisotopic (exact) mass is 397 g/mol. The number of rotatable bonds is 6. The summed E-state index contributed by atoms with van der Waals surface area (Å²) in [6.07, 6.45) is 0. The van der Waals surface area contributed by atoms with E-state index in [0.29, 0.717) is 16.4 Å². The Balaban J connectivity index is 1.93. The molecule has 0 bridgehead atoms. The van der Waals surface area contributed by atoms with Crippen LogP contribution in [0.3, 0.4) is 0 Å². The summed E-state index contributed by atoms with van der Waals surface area (Å²) in [6, 6.07) is 7.72. The van der Waals surface area contributed by atoms with Crippen molar-refractivity contribution in [3.05, 3.63) is 35.5 Å². The number of carbonyl (C=O) groups is 1. The van der Waals surface area contributed by atoms with Crippen LogP contribution in [0, 0.1) is 5.41 Å². The number of aromatic nitrogens is 1. The Morgan fingerprint density at radius 1 is 1.38 bits per heavy atom. The molecule has 1 aromatic heterocycles. The molecule has 2 aromatic rings. The SMILES string of the molecule is C[C@@H](N/N=[P+](\[O-])Oc1ccc2nc(Cl)ccc2c1)C(=O)OCC(C)(C)C. The lowest BCUT2D eigenvalue weighted by atomic mass is 9.99. The van der Waals surface area contributed by atoms with Gasteiger partial charge in [0.2, 0.25) is 0 Å². The van der Waals surface area contributed by atoms with E-state index in [9.17, 15) is 9.69 Å². The molecule has 0 aliphatic rings. The number of benzene rings is 1. The molecule has 2 atom stereocenters. The van der Waals surface area contributed by atoms with Gasteiger partial charge >= 0.3 is 14.1 Å². The number of nitrogens with zero attached hydrogens (tertiary/aromatic N) is 2. The van der Waals surface area contributed by atoms with Crippen LogP contribution in [0.2, 0.25) is 5.15 Å². The summed E-state index contributed by atoms with van der Waals surface area (Å²) in [5, 5.41) is 1.19. The molecule has 0 aliphatic heterocycles. The van der Waals surface area contributed by atoms with Crippen molar-refractivity contribution in [3.8, 4) is 5.75 Å².